The maximum absolute atomic E-state index is 13.1. The Hall–Kier alpha value is -3.09. The summed E-state index contributed by atoms with van der Waals surface area (Å²) in [6.07, 6.45) is 0.279. The number of ether oxygens (including phenoxy) is 2. The van der Waals surface area contributed by atoms with E-state index in [1.807, 2.05) is 12.1 Å². The van der Waals surface area contributed by atoms with Gasteiger partial charge in [-0.3, -0.25) is 9.59 Å². The number of hydrogen-bond donors (Lipinski definition) is 1. The molecule has 1 heterocycles. The highest BCUT2D eigenvalue weighted by Gasteiger charge is 2.25. The summed E-state index contributed by atoms with van der Waals surface area (Å²) in [5, 5.41) is 2.86. The van der Waals surface area contributed by atoms with Crippen molar-refractivity contribution in [1.29, 1.82) is 0 Å². The van der Waals surface area contributed by atoms with Crippen molar-refractivity contribution in [3.05, 3.63) is 59.4 Å². The van der Waals surface area contributed by atoms with E-state index < -0.39 is 6.04 Å². The van der Waals surface area contributed by atoms with E-state index >= 15 is 0 Å². The van der Waals surface area contributed by atoms with Crippen LogP contribution in [0.1, 0.15) is 31.4 Å². The summed E-state index contributed by atoms with van der Waals surface area (Å²) in [5.74, 6) is 0.588. The predicted molar refractivity (Wildman–Crippen MR) is 101 cm³/mol. The lowest BCUT2D eigenvalue weighted by atomic mass is 10.1. The highest BCUT2D eigenvalue weighted by atomic mass is 19.1. The first-order valence-electron chi connectivity index (χ1n) is 9.18. The van der Waals surface area contributed by atoms with Crippen molar-refractivity contribution in [2.24, 2.45) is 0 Å². The van der Waals surface area contributed by atoms with Crippen LogP contribution >= 0.6 is 0 Å². The fourth-order valence-corrected chi connectivity index (χ4v) is 2.96. The van der Waals surface area contributed by atoms with Crippen LogP contribution in [0.25, 0.3) is 0 Å². The van der Waals surface area contributed by atoms with Crippen LogP contribution in [-0.2, 0) is 22.7 Å². The molecule has 1 atom stereocenters. The van der Waals surface area contributed by atoms with Gasteiger partial charge in [-0.2, -0.15) is 0 Å². The largest absolute Gasteiger partial charge is 0.454 e. The molecule has 3 rings (SSSR count). The summed E-state index contributed by atoms with van der Waals surface area (Å²) in [7, 11) is 0. The number of fused-ring (bicyclic) bond motifs is 1. The van der Waals surface area contributed by atoms with E-state index in [1.54, 1.807) is 32.0 Å². The van der Waals surface area contributed by atoms with E-state index in [0.717, 1.165) is 11.1 Å². The van der Waals surface area contributed by atoms with Gasteiger partial charge in [-0.15, -0.1) is 0 Å². The van der Waals surface area contributed by atoms with Crippen LogP contribution in [0, 0.1) is 5.82 Å². The Kier molecular flexibility index (Phi) is 6.13. The lowest BCUT2D eigenvalue weighted by molar-refractivity contribution is -0.140. The monoisotopic (exact) mass is 386 g/mol. The zero-order valence-electron chi connectivity index (χ0n) is 15.9. The molecular weight excluding hydrogens is 363 g/mol. The van der Waals surface area contributed by atoms with Crippen molar-refractivity contribution in [3.63, 3.8) is 0 Å². The molecule has 2 amide bonds. The molecule has 148 valence electrons. The molecule has 7 heteroatoms. The molecule has 0 spiro atoms. The molecule has 6 nitrogen and oxygen atoms in total. The van der Waals surface area contributed by atoms with Gasteiger partial charge in [0.25, 0.3) is 0 Å². The number of rotatable bonds is 7. The Bertz CT molecular complexity index is 854. The first-order chi connectivity index (χ1) is 13.5. The van der Waals surface area contributed by atoms with Crippen molar-refractivity contribution in [2.45, 2.75) is 39.4 Å². The summed E-state index contributed by atoms with van der Waals surface area (Å²) in [4.78, 5) is 26.5. The minimum absolute atomic E-state index is 0.143. The SMILES string of the molecule is CCC(=O)N(Cc1ccc(F)cc1)[C@H](C)C(=O)NCc1ccc2c(c1)OCO2. The standard InChI is InChI=1S/C21H23FN2O4/c1-3-20(25)24(12-15-4-7-17(22)8-5-15)14(2)21(26)23-11-16-6-9-18-19(10-16)28-13-27-18/h4-10,14H,3,11-13H2,1-2H3,(H,23,26)/t14-/m1/s1. The average molecular weight is 386 g/mol. The van der Waals surface area contributed by atoms with Gasteiger partial charge in [-0.25, -0.2) is 4.39 Å². The second kappa shape index (κ2) is 8.73. The Morgan fingerprint density at radius 3 is 2.50 bits per heavy atom. The van der Waals surface area contributed by atoms with Crippen LogP contribution in [0.3, 0.4) is 0 Å². The number of benzene rings is 2. The smallest absolute Gasteiger partial charge is 0.242 e. The quantitative estimate of drug-likeness (QED) is 0.794. The van der Waals surface area contributed by atoms with Crippen LogP contribution in [-0.4, -0.2) is 29.5 Å². The van der Waals surface area contributed by atoms with Crippen molar-refractivity contribution in [3.8, 4) is 11.5 Å². The van der Waals surface area contributed by atoms with E-state index in [-0.39, 0.29) is 37.4 Å². The van der Waals surface area contributed by atoms with Crippen LogP contribution in [0.5, 0.6) is 11.5 Å². The normalized spacial score (nSPS) is 13.1. The van der Waals surface area contributed by atoms with E-state index in [9.17, 15) is 14.0 Å². The first kappa shape index (κ1) is 19.7. The van der Waals surface area contributed by atoms with Crippen LogP contribution in [0.2, 0.25) is 0 Å². The van der Waals surface area contributed by atoms with Gasteiger partial charge in [0, 0.05) is 19.5 Å². The Labute approximate surface area is 163 Å². The Morgan fingerprint density at radius 1 is 1.11 bits per heavy atom. The number of nitrogens with one attached hydrogen (secondary N) is 1. The molecule has 0 bridgehead atoms. The number of carbonyl (C=O) groups excluding carboxylic acids is 2. The molecule has 0 fully saturated rings. The topological polar surface area (TPSA) is 67.9 Å². The van der Waals surface area contributed by atoms with Gasteiger partial charge in [0.05, 0.1) is 0 Å². The third kappa shape index (κ3) is 4.60. The molecule has 1 aliphatic heterocycles. The van der Waals surface area contributed by atoms with Crippen LogP contribution in [0.4, 0.5) is 4.39 Å². The molecule has 0 unspecified atom stereocenters. The zero-order chi connectivity index (χ0) is 20.1. The number of halogens is 1. The maximum atomic E-state index is 13.1. The van der Waals surface area contributed by atoms with Gasteiger partial charge in [0.1, 0.15) is 11.9 Å². The van der Waals surface area contributed by atoms with E-state index in [0.29, 0.717) is 18.0 Å². The summed E-state index contributed by atoms with van der Waals surface area (Å²) in [6, 6.07) is 10.7. The van der Waals surface area contributed by atoms with Gasteiger partial charge in [0.2, 0.25) is 18.6 Å². The number of carbonyl (C=O) groups is 2. The second-order valence-corrected chi connectivity index (χ2v) is 6.58. The highest BCUT2D eigenvalue weighted by molar-refractivity contribution is 5.87. The zero-order valence-corrected chi connectivity index (χ0v) is 15.9. The molecular formula is C21H23FN2O4. The van der Waals surface area contributed by atoms with E-state index in [1.165, 1.54) is 17.0 Å². The molecule has 0 saturated carbocycles. The van der Waals surface area contributed by atoms with Gasteiger partial charge < -0.3 is 19.7 Å². The number of hydrogen-bond acceptors (Lipinski definition) is 4. The fourth-order valence-electron chi connectivity index (χ4n) is 2.96. The summed E-state index contributed by atoms with van der Waals surface area (Å²) in [6.45, 7) is 4.18. The minimum atomic E-state index is -0.661. The summed E-state index contributed by atoms with van der Waals surface area (Å²) < 4.78 is 23.7. The molecule has 0 saturated heterocycles. The fraction of sp³-hybridized carbons (Fsp3) is 0.333. The third-order valence-corrected chi connectivity index (χ3v) is 4.64. The van der Waals surface area contributed by atoms with E-state index in [2.05, 4.69) is 5.32 Å². The number of nitrogens with zero attached hydrogens (tertiary/aromatic N) is 1. The molecule has 28 heavy (non-hydrogen) atoms. The van der Waals surface area contributed by atoms with Gasteiger partial charge in [-0.05, 0) is 42.3 Å². The van der Waals surface area contributed by atoms with Crippen molar-refractivity contribution in [2.75, 3.05) is 6.79 Å². The first-order valence-corrected chi connectivity index (χ1v) is 9.18. The lowest BCUT2D eigenvalue weighted by Gasteiger charge is -2.28. The third-order valence-electron chi connectivity index (χ3n) is 4.64. The Balaban J connectivity index is 1.64. The van der Waals surface area contributed by atoms with Crippen LogP contribution in [0.15, 0.2) is 42.5 Å². The van der Waals surface area contributed by atoms with Crippen molar-refractivity contribution >= 4 is 11.8 Å². The Morgan fingerprint density at radius 2 is 1.79 bits per heavy atom. The molecule has 2 aromatic rings. The molecule has 0 radical (unpaired) electrons. The summed E-state index contributed by atoms with van der Waals surface area (Å²) >= 11 is 0. The second-order valence-electron chi connectivity index (χ2n) is 6.58. The highest BCUT2D eigenvalue weighted by Crippen LogP contribution is 2.32. The predicted octanol–water partition coefficient (Wildman–Crippen LogP) is 3.00. The molecule has 1 N–H and O–H groups in total. The van der Waals surface area contributed by atoms with Gasteiger partial charge >= 0.3 is 0 Å². The average Bonchev–Trinajstić information content (AvgIpc) is 3.18. The molecule has 0 aromatic heterocycles. The maximum Gasteiger partial charge on any atom is 0.242 e. The minimum Gasteiger partial charge on any atom is -0.454 e. The van der Waals surface area contributed by atoms with E-state index in [4.69, 9.17) is 9.47 Å². The lowest BCUT2D eigenvalue weighted by Crippen LogP contribution is -2.47. The van der Waals surface area contributed by atoms with Crippen molar-refractivity contribution in [1.82, 2.24) is 10.2 Å². The summed E-state index contributed by atoms with van der Waals surface area (Å²) in [5.41, 5.74) is 1.63. The van der Waals surface area contributed by atoms with Gasteiger partial charge in [-0.1, -0.05) is 25.1 Å². The molecule has 0 aliphatic carbocycles. The van der Waals surface area contributed by atoms with Gasteiger partial charge in [0.15, 0.2) is 11.5 Å². The van der Waals surface area contributed by atoms with Crippen LogP contribution < -0.4 is 14.8 Å². The molecule has 2 aromatic carbocycles. The van der Waals surface area contributed by atoms with Crippen molar-refractivity contribution < 1.29 is 23.5 Å². The molecule has 1 aliphatic rings. The number of amides is 2.